The van der Waals surface area contributed by atoms with E-state index in [1.807, 2.05) is 6.07 Å². The van der Waals surface area contributed by atoms with E-state index in [4.69, 9.17) is 5.11 Å². The van der Waals surface area contributed by atoms with Gasteiger partial charge in [0.05, 0.1) is 18.3 Å². The second-order valence-electron chi connectivity index (χ2n) is 3.82. The number of aromatic nitrogens is 4. The number of H-pyrrole nitrogens is 2. The molecule has 18 heavy (non-hydrogen) atoms. The van der Waals surface area contributed by atoms with Crippen molar-refractivity contribution < 1.29 is 9.90 Å². The van der Waals surface area contributed by atoms with Crippen molar-refractivity contribution in [1.29, 1.82) is 0 Å². The van der Waals surface area contributed by atoms with Gasteiger partial charge >= 0.3 is 0 Å². The topological polar surface area (TPSA) is 107 Å². The summed E-state index contributed by atoms with van der Waals surface area (Å²) in [5.41, 5.74) is 2.15. The third-order valence-corrected chi connectivity index (χ3v) is 2.65. The van der Waals surface area contributed by atoms with Gasteiger partial charge in [0, 0.05) is 18.1 Å². The molecule has 7 nitrogen and oxygen atoms in total. The molecule has 0 aliphatic heterocycles. The largest absolute Gasteiger partial charge is 0.395 e. The summed E-state index contributed by atoms with van der Waals surface area (Å²) in [6.07, 6.45) is 3.39. The van der Waals surface area contributed by atoms with E-state index in [9.17, 15) is 4.79 Å². The van der Waals surface area contributed by atoms with E-state index in [-0.39, 0.29) is 24.9 Å². The Morgan fingerprint density at radius 1 is 1.50 bits per heavy atom. The van der Waals surface area contributed by atoms with Gasteiger partial charge in [-0.25, -0.2) is 9.97 Å². The normalized spacial score (nSPS) is 11.2. The van der Waals surface area contributed by atoms with E-state index in [1.54, 1.807) is 12.4 Å². The first kappa shape index (κ1) is 10.7. The Kier molecular flexibility index (Phi) is 2.45. The zero-order chi connectivity index (χ0) is 12.5. The minimum atomic E-state index is -0.344. The van der Waals surface area contributed by atoms with Crippen molar-refractivity contribution in [3.63, 3.8) is 0 Å². The average molecular weight is 245 g/mol. The van der Waals surface area contributed by atoms with E-state index in [0.29, 0.717) is 5.52 Å². The molecular formula is C11H11N5O2. The number of rotatable bonds is 3. The summed E-state index contributed by atoms with van der Waals surface area (Å²) in [7, 11) is 0. The molecule has 0 spiro atoms. The van der Waals surface area contributed by atoms with Crippen molar-refractivity contribution in [3.8, 4) is 0 Å². The Bertz CT molecular complexity index is 714. The molecule has 4 N–H and O–H groups in total. The summed E-state index contributed by atoms with van der Waals surface area (Å²) in [5.74, 6) is -0.127. The SMILES string of the molecule is O=C(NCCO)c1nc2cnc3[nH]ccc3c2[nH]1. The number of carbonyl (C=O) groups is 1. The van der Waals surface area contributed by atoms with Crippen LogP contribution in [-0.2, 0) is 0 Å². The Balaban J connectivity index is 2.07. The molecule has 0 aliphatic carbocycles. The van der Waals surface area contributed by atoms with Gasteiger partial charge in [0.25, 0.3) is 5.91 Å². The van der Waals surface area contributed by atoms with E-state index in [1.165, 1.54) is 0 Å². The highest BCUT2D eigenvalue weighted by atomic mass is 16.3. The first-order chi connectivity index (χ1) is 8.79. The van der Waals surface area contributed by atoms with Gasteiger partial charge in [-0.1, -0.05) is 0 Å². The Morgan fingerprint density at radius 2 is 2.39 bits per heavy atom. The van der Waals surface area contributed by atoms with Crippen LogP contribution in [0.2, 0.25) is 0 Å². The van der Waals surface area contributed by atoms with Crippen LogP contribution >= 0.6 is 0 Å². The molecule has 0 aromatic carbocycles. The minimum absolute atomic E-state index is 0.102. The number of fused-ring (bicyclic) bond motifs is 3. The highest BCUT2D eigenvalue weighted by molar-refractivity contribution is 6.03. The summed E-state index contributed by atoms with van der Waals surface area (Å²) in [5, 5.41) is 12.1. The lowest BCUT2D eigenvalue weighted by Gasteiger charge is -1.98. The van der Waals surface area contributed by atoms with Gasteiger partial charge in [0.2, 0.25) is 0 Å². The summed E-state index contributed by atoms with van der Waals surface area (Å²) < 4.78 is 0. The number of carbonyl (C=O) groups excluding carboxylic acids is 1. The predicted molar refractivity (Wildman–Crippen MR) is 65.2 cm³/mol. The number of nitrogens with zero attached hydrogens (tertiary/aromatic N) is 2. The van der Waals surface area contributed by atoms with Crippen LogP contribution in [-0.4, -0.2) is 44.1 Å². The van der Waals surface area contributed by atoms with Gasteiger partial charge < -0.3 is 20.4 Å². The maximum atomic E-state index is 11.7. The zero-order valence-corrected chi connectivity index (χ0v) is 9.40. The fourth-order valence-electron chi connectivity index (χ4n) is 1.84. The first-order valence-electron chi connectivity index (χ1n) is 5.50. The molecule has 7 heteroatoms. The number of aliphatic hydroxyl groups is 1. The van der Waals surface area contributed by atoms with Crippen LogP contribution < -0.4 is 5.32 Å². The zero-order valence-electron chi connectivity index (χ0n) is 9.40. The second kappa shape index (κ2) is 4.11. The highest BCUT2D eigenvalue weighted by Gasteiger charge is 2.13. The van der Waals surface area contributed by atoms with Crippen LogP contribution in [0.4, 0.5) is 0 Å². The Hall–Kier alpha value is -2.41. The lowest BCUT2D eigenvalue weighted by atomic mass is 10.3. The molecule has 0 saturated carbocycles. The van der Waals surface area contributed by atoms with Crippen LogP contribution in [0.3, 0.4) is 0 Å². The molecule has 0 aliphatic rings. The van der Waals surface area contributed by atoms with E-state index < -0.39 is 0 Å². The Labute approximate surface area is 101 Å². The van der Waals surface area contributed by atoms with Gasteiger partial charge in [-0.15, -0.1) is 0 Å². The minimum Gasteiger partial charge on any atom is -0.395 e. The standard InChI is InChI=1S/C11H11N5O2/c17-4-3-13-11(18)10-15-7-5-14-9-6(1-2-12-9)8(7)16-10/h1-2,5,17H,3-4H2,(H,12,14)(H,13,18)(H,15,16). The van der Waals surface area contributed by atoms with Gasteiger partial charge in [-0.2, -0.15) is 0 Å². The lowest BCUT2D eigenvalue weighted by Crippen LogP contribution is -2.27. The molecule has 1 amide bonds. The lowest BCUT2D eigenvalue weighted by molar-refractivity contribution is 0.0935. The number of hydrogen-bond donors (Lipinski definition) is 4. The first-order valence-corrected chi connectivity index (χ1v) is 5.50. The number of nitrogens with one attached hydrogen (secondary N) is 3. The summed E-state index contributed by atoms with van der Waals surface area (Å²) >= 11 is 0. The molecule has 0 bridgehead atoms. The number of pyridine rings is 1. The molecule has 0 fully saturated rings. The molecule has 0 saturated heterocycles. The van der Waals surface area contributed by atoms with Crippen LogP contribution in [0.5, 0.6) is 0 Å². The fraction of sp³-hybridized carbons (Fsp3) is 0.182. The van der Waals surface area contributed by atoms with Crippen LogP contribution in [0.1, 0.15) is 10.6 Å². The van der Waals surface area contributed by atoms with Gasteiger partial charge in [-0.05, 0) is 6.07 Å². The van der Waals surface area contributed by atoms with Crippen molar-refractivity contribution in [2.75, 3.05) is 13.2 Å². The van der Waals surface area contributed by atoms with E-state index in [0.717, 1.165) is 16.6 Å². The smallest absolute Gasteiger partial charge is 0.287 e. The number of imidazole rings is 1. The van der Waals surface area contributed by atoms with E-state index in [2.05, 4.69) is 25.3 Å². The van der Waals surface area contributed by atoms with Gasteiger partial charge in [0.1, 0.15) is 11.2 Å². The third-order valence-electron chi connectivity index (χ3n) is 2.65. The number of amides is 1. The molecule has 3 aromatic heterocycles. The molecule has 92 valence electrons. The summed E-state index contributed by atoms with van der Waals surface area (Å²) in [6, 6.07) is 1.87. The fourth-order valence-corrected chi connectivity index (χ4v) is 1.84. The van der Waals surface area contributed by atoms with Gasteiger partial charge in [0.15, 0.2) is 5.82 Å². The molecule has 0 radical (unpaired) electrons. The predicted octanol–water partition coefficient (Wildman–Crippen LogP) is 0.161. The monoisotopic (exact) mass is 245 g/mol. The number of aromatic amines is 2. The molecule has 3 rings (SSSR count). The number of aliphatic hydroxyl groups excluding tert-OH is 1. The summed E-state index contributed by atoms with van der Waals surface area (Å²) in [6.45, 7) is 0.100. The molecule has 0 atom stereocenters. The van der Waals surface area contributed by atoms with Crippen LogP contribution in [0.15, 0.2) is 18.5 Å². The Morgan fingerprint density at radius 3 is 3.22 bits per heavy atom. The van der Waals surface area contributed by atoms with Crippen LogP contribution in [0, 0.1) is 0 Å². The van der Waals surface area contributed by atoms with Crippen LogP contribution in [0.25, 0.3) is 22.1 Å². The third kappa shape index (κ3) is 1.61. The van der Waals surface area contributed by atoms with E-state index >= 15 is 0 Å². The molecule has 3 aromatic rings. The molecular weight excluding hydrogens is 234 g/mol. The summed E-state index contributed by atoms with van der Waals surface area (Å²) in [4.78, 5) is 26.0. The highest BCUT2D eigenvalue weighted by Crippen LogP contribution is 2.20. The second-order valence-corrected chi connectivity index (χ2v) is 3.82. The van der Waals surface area contributed by atoms with Gasteiger partial charge in [-0.3, -0.25) is 4.79 Å². The maximum absolute atomic E-state index is 11.7. The molecule has 3 heterocycles. The maximum Gasteiger partial charge on any atom is 0.287 e. The average Bonchev–Trinajstić information content (AvgIpc) is 3.00. The van der Waals surface area contributed by atoms with Crippen molar-refractivity contribution in [1.82, 2.24) is 25.3 Å². The molecule has 0 unspecified atom stereocenters. The van der Waals surface area contributed by atoms with Crippen molar-refractivity contribution in [2.24, 2.45) is 0 Å². The van der Waals surface area contributed by atoms with Crippen molar-refractivity contribution in [2.45, 2.75) is 0 Å². The van der Waals surface area contributed by atoms with Crippen molar-refractivity contribution >= 4 is 28.0 Å². The quantitative estimate of drug-likeness (QED) is 0.527. The van der Waals surface area contributed by atoms with Crippen molar-refractivity contribution in [3.05, 3.63) is 24.3 Å². The number of hydrogen-bond acceptors (Lipinski definition) is 4.